The summed E-state index contributed by atoms with van der Waals surface area (Å²) in [4.78, 5) is 14.5. The number of amides is 1. The van der Waals surface area contributed by atoms with Gasteiger partial charge in [0.15, 0.2) is 0 Å². The SMILES string of the molecule is CC1CCC(C)C(NC(C)C(=O)N2CCCCC2)C1. The van der Waals surface area contributed by atoms with Crippen molar-refractivity contribution in [3.8, 4) is 0 Å². The van der Waals surface area contributed by atoms with Crippen LogP contribution in [0.25, 0.3) is 0 Å². The number of likely N-dealkylation sites (tertiary alicyclic amines) is 1. The summed E-state index contributed by atoms with van der Waals surface area (Å²) >= 11 is 0. The van der Waals surface area contributed by atoms with Crippen LogP contribution in [-0.2, 0) is 4.79 Å². The normalized spacial score (nSPS) is 34.1. The molecule has 0 aromatic carbocycles. The molecular weight excluding hydrogens is 236 g/mol. The number of hydrogen-bond donors (Lipinski definition) is 1. The van der Waals surface area contributed by atoms with Gasteiger partial charge in [0.2, 0.25) is 5.91 Å². The highest BCUT2D eigenvalue weighted by Crippen LogP contribution is 2.28. The fourth-order valence-corrected chi connectivity index (χ4v) is 3.55. The summed E-state index contributed by atoms with van der Waals surface area (Å²) in [6.45, 7) is 8.62. The second-order valence-electron chi connectivity index (χ2n) is 6.78. The van der Waals surface area contributed by atoms with Crippen molar-refractivity contribution in [3.05, 3.63) is 0 Å². The maximum absolute atomic E-state index is 12.4. The average molecular weight is 266 g/mol. The minimum absolute atomic E-state index is 0.0177. The fraction of sp³-hybridized carbons (Fsp3) is 0.938. The maximum atomic E-state index is 12.4. The summed E-state index contributed by atoms with van der Waals surface area (Å²) in [6, 6.07) is 0.503. The van der Waals surface area contributed by atoms with Gasteiger partial charge in [-0.15, -0.1) is 0 Å². The highest BCUT2D eigenvalue weighted by Gasteiger charge is 2.29. The second kappa shape index (κ2) is 6.74. The molecule has 4 atom stereocenters. The van der Waals surface area contributed by atoms with Gasteiger partial charge < -0.3 is 10.2 Å². The van der Waals surface area contributed by atoms with Crippen LogP contribution in [0.5, 0.6) is 0 Å². The molecule has 1 aliphatic carbocycles. The maximum Gasteiger partial charge on any atom is 0.239 e. The minimum Gasteiger partial charge on any atom is -0.341 e. The molecule has 0 aromatic heterocycles. The van der Waals surface area contributed by atoms with E-state index in [1.807, 2.05) is 6.92 Å². The lowest BCUT2D eigenvalue weighted by molar-refractivity contribution is -0.134. The van der Waals surface area contributed by atoms with Gasteiger partial charge in [0, 0.05) is 19.1 Å². The molecule has 0 radical (unpaired) electrons. The zero-order valence-corrected chi connectivity index (χ0v) is 12.8. The van der Waals surface area contributed by atoms with Gasteiger partial charge in [-0.3, -0.25) is 4.79 Å². The molecule has 0 spiro atoms. The van der Waals surface area contributed by atoms with E-state index >= 15 is 0 Å². The lowest BCUT2D eigenvalue weighted by atomic mass is 9.80. The fourth-order valence-electron chi connectivity index (χ4n) is 3.55. The van der Waals surface area contributed by atoms with Gasteiger partial charge >= 0.3 is 0 Å². The van der Waals surface area contributed by atoms with Crippen LogP contribution in [0.1, 0.15) is 59.3 Å². The summed E-state index contributed by atoms with van der Waals surface area (Å²) in [7, 11) is 0. The molecule has 2 fully saturated rings. The lowest BCUT2D eigenvalue weighted by Crippen LogP contribution is -2.52. The molecule has 19 heavy (non-hydrogen) atoms. The van der Waals surface area contributed by atoms with Crippen LogP contribution in [0.3, 0.4) is 0 Å². The van der Waals surface area contributed by atoms with Gasteiger partial charge in [0.05, 0.1) is 6.04 Å². The Hall–Kier alpha value is -0.570. The number of carbonyl (C=O) groups excluding carboxylic acids is 1. The van der Waals surface area contributed by atoms with E-state index in [9.17, 15) is 4.79 Å². The number of rotatable bonds is 3. The van der Waals surface area contributed by atoms with Gasteiger partial charge in [0.25, 0.3) is 0 Å². The van der Waals surface area contributed by atoms with Gasteiger partial charge in [0.1, 0.15) is 0 Å². The Morgan fingerprint density at radius 3 is 2.53 bits per heavy atom. The van der Waals surface area contributed by atoms with Gasteiger partial charge in [-0.2, -0.15) is 0 Å². The molecule has 3 heteroatoms. The molecule has 1 aliphatic heterocycles. The number of hydrogen-bond acceptors (Lipinski definition) is 2. The van der Waals surface area contributed by atoms with Gasteiger partial charge in [-0.1, -0.05) is 20.3 Å². The molecule has 0 aromatic rings. The van der Waals surface area contributed by atoms with Crippen molar-refractivity contribution >= 4 is 5.91 Å². The third-order valence-electron chi connectivity index (χ3n) is 4.96. The Labute approximate surface area is 118 Å². The smallest absolute Gasteiger partial charge is 0.239 e. The predicted octanol–water partition coefficient (Wildman–Crippen LogP) is 2.80. The molecular formula is C16H30N2O. The van der Waals surface area contributed by atoms with Crippen LogP contribution in [0.15, 0.2) is 0 Å². The summed E-state index contributed by atoms with van der Waals surface area (Å²) in [6.07, 6.45) is 7.49. The number of piperidine rings is 1. The third kappa shape index (κ3) is 3.95. The van der Waals surface area contributed by atoms with E-state index in [-0.39, 0.29) is 6.04 Å². The third-order valence-corrected chi connectivity index (χ3v) is 4.96. The van der Waals surface area contributed by atoms with E-state index in [0.29, 0.717) is 17.9 Å². The van der Waals surface area contributed by atoms with E-state index in [1.54, 1.807) is 0 Å². The molecule has 1 amide bonds. The van der Waals surface area contributed by atoms with Crippen molar-refractivity contribution in [1.29, 1.82) is 0 Å². The Kier molecular flexibility index (Phi) is 5.26. The standard InChI is InChI=1S/C16H30N2O/c1-12-7-8-13(2)15(11-12)17-14(3)16(19)18-9-5-4-6-10-18/h12-15,17H,4-11H2,1-3H3. The van der Waals surface area contributed by atoms with Crippen LogP contribution in [0.2, 0.25) is 0 Å². The van der Waals surface area contributed by atoms with Crippen LogP contribution >= 0.6 is 0 Å². The molecule has 0 bridgehead atoms. The average Bonchev–Trinajstić information content (AvgIpc) is 2.43. The van der Waals surface area contributed by atoms with Crippen molar-refractivity contribution < 1.29 is 4.79 Å². The summed E-state index contributed by atoms with van der Waals surface area (Å²) in [5.74, 6) is 1.81. The number of nitrogens with zero attached hydrogens (tertiary/aromatic N) is 1. The molecule has 1 N–H and O–H groups in total. The van der Waals surface area contributed by atoms with E-state index in [1.165, 1.54) is 38.5 Å². The van der Waals surface area contributed by atoms with E-state index in [2.05, 4.69) is 24.1 Å². The molecule has 2 rings (SSSR count). The molecule has 1 heterocycles. The minimum atomic E-state index is -0.0177. The summed E-state index contributed by atoms with van der Waals surface area (Å²) in [5, 5.41) is 3.60. The van der Waals surface area contributed by atoms with E-state index in [0.717, 1.165) is 19.0 Å². The van der Waals surface area contributed by atoms with E-state index in [4.69, 9.17) is 0 Å². The largest absolute Gasteiger partial charge is 0.341 e. The van der Waals surface area contributed by atoms with Gasteiger partial charge in [-0.05, 0) is 50.9 Å². The molecule has 3 nitrogen and oxygen atoms in total. The second-order valence-corrected chi connectivity index (χ2v) is 6.78. The molecule has 110 valence electrons. The Balaban J connectivity index is 1.84. The highest BCUT2D eigenvalue weighted by atomic mass is 16.2. The number of nitrogens with one attached hydrogen (secondary N) is 1. The summed E-state index contributed by atoms with van der Waals surface area (Å²) < 4.78 is 0. The molecule has 1 saturated carbocycles. The first-order chi connectivity index (χ1) is 9.08. The van der Waals surface area contributed by atoms with Crippen LogP contribution < -0.4 is 5.32 Å². The first-order valence-electron chi connectivity index (χ1n) is 8.12. The Morgan fingerprint density at radius 1 is 1.16 bits per heavy atom. The zero-order chi connectivity index (χ0) is 13.8. The van der Waals surface area contributed by atoms with Crippen molar-refractivity contribution in [2.45, 2.75) is 71.4 Å². The van der Waals surface area contributed by atoms with Crippen molar-refractivity contribution in [2.24, 2.45) is 11.8 Å². The Bertz CT molecular complexity index is 299. The number of carbonyl (C=O) groups is 1. The topological polar surface area (TPSA) is 32.3 Å². The van der Waals surface area contributed by atoms with Crippen LogP contribution in [-0.4, -0.2) is 36.0 Å². The van der Waals surface area contributed by atoms with Gasteiger partial charge in [-0.25, -0.2) is 0 Å². The molecule has 1 saturated heterocycles. The molecule has 2 aliphatic rings. The predicted molar refractivity (Wildman–Crippen MR) is 79.0 cm³/mol. The van der Waals surface area contributed by atoms with Crippen LogP contribution in [0, 0.1) is 11.8 Å². The highest BCUT2D eigenvalue weighted by molar-refractivity contribution is 5.81. The summed E-state index contributed by atoms with van der Waals surface area (Å²) in [5.41, 5.74) is 0. The Morgan fingerprint density at radius 2 is 1.84 bits per heavy atom. The first-order valence-corrected chi connectivity index (χ1v) is 8.12. The zero-order valence-electron chi connectivity index (χ0n) is 12.8. The van der Waals surface area contributed by atoms with Crippen molar-refractivity contribution in [3.63, 3.8) is 0 Å². The monoisotopic (exact) mass is 266 g/mol. The quantitative estimate of drug-likeness (QED) is 0.852. The van der Waals surface area contributed by atoms with E-state index < -0.39 is 0 Å². The first kappa shape index (κ1) is 14.8. The lowest BCUT2D eigenvalue weighted by Gasteiger charge is -2.36. The van der Waals surface area contributed by atoms with Crippen LogP contribution in [0.4, 0.5) is 0 Å². The van der Waals surface area contributed by atoms with Crippen molar-refractivity contribution in [2.75, 3.05) is 13.1 Å². The molecule has 4 unspecified atom stereocenters. The van der Waals surface area contributed by atoms with Crippen molar-refractivity contribution in [1.82, 2.24) is 10.2 Å².